The van der Waals surface area contributed by atoms with Gasteiger partial charge in [-0.05, 0) is 61.0 Å². The summed E-state index contributed by atoms with van der Waals surface area (Å²) in [4.78, 5) is 3.57. The molecule has 0 amide bonds. The monoisotopic (exact) mass is 307 g/mol. The molecule has 4 rings (SSSR count). The van der Waals surface area contributed by atoms with Crippen molar-refractivity contribution in [3.05, 3.63) is 59.8 Å². The largest absolute Gasteiger partial charge is 0.393 e. The van der Waals surface area contributed by atoms with Crippen molar-refractivity contribution in [3.63, 3.8) is 0 Å². The average molecular weight is 307 g/mol. The third-order valence-electron chi connectivity index (χ3n) is 6.07. The molecule has 1 heterocycles. The van der Waals surface area contributed by atoms with Crippen LogP contribution in [0.25, 0.3) is 10.9 Å². The molecule has 1 saturated carbocycles. The van der Waals surface area contributed by atoms with Gasteiger partial charge in [-0.3, -0.25) is 0 Å². The third kappa shape index (κ3) is 2.46. The van der Waals surface area contributed by atoms with Gasteiger partial charge in [-0.1, -0.05) is 48.9 Å². The van der Waals surface area contributed by atoms with Gasteiger partial charge in [-0.15, -0.1) is 0 Å². The molecular weight excluding hydrogens is 282 g/mol. The molecule has 2 nitrogen and oxygen atoms in total. The number of aromatic amines is 1. The summed E-state index contributed by atoms with van der Waals surface area (Å²) in [6.07, 6.45) is 6.95. The van der Waals surface area contributed by atoms with Gasteiger partial charge in [0.2, 0.25) is 0 Å². The number of rotatable bonds is 2. The molecule has 0 radical (unpaired) electrons. The summed E-state index contributed by atoms with van der Waals surface area (Å²) in [6, 6.07) is 10.7. The number of fused-ring (bicyclic) bond motifs is 2. The first kappa shape index (κ1) is 14.8. The molecule has 0 spiro atoms. The number of aliphatic hydroxyl groups excluding tert-OH is 1. The second kappa shape index (κ2) is 5.38. The maximum Gasteiger partial charge on any atom is 0.0577 e. The van der Waals surface area contributed by atoms with Crippen LogP contribution in [0, 0.1) is 11.3 Å². The lowest BCUT2D eigenvalue weighted by Crippen LogP contribution is -2.40. The molecule has 0 aliphatic heterocycles. The van der Waals surface area contributed by atoms with E-state index in [1.54, 1.807) is 0 Å². The Kier molecular flexibility index (Phi) is 3.46. The van der Waals surface area contributed by atoms with E-state index in [0.717, 1.165) is 32.1 Å². The van der Waals surface area contributed by atoms with Crippen LogP contribution in [-0.4, -0.2) is 16.2 Å². The van der Waals surface area contributed by atoms with E-state index in [4.69, 9.17) is 0 Å². The Hall–Kier alpha value is -1.80. The van der Waals surface area contributed by atoms with Gasteiger partial charge in [0.25, 0.3) is 0 Å². The van der Waals surface area contributed by atoms with Crippen molar-refractivity contribution in [2.24, 2.45) is 11.3 Å². The first-order valence-corrected chi connectivity index (χ1v) is 8.68. The lowest BCUT2D eigenvalue weighted by atomic mass is 9.57. The number of hydrogen-bond donors (Lipinski definition) is 2. The normalized spacial score (nSPS) is 31.0. The molecule has 1 aromatic heterocycles. The average Bonchev–Trinajstić information content (AvgIpc) is 2.95. The Balaban J connectivity index is 1.66. The van der Waals surface area contributed by atoms with Crippen LogP contribution in [0.4, 0.5) is 0 Å². The topological polar surface area (TPSA) is 36.0 Å². The minimum atomic E-state index is -0.158. The number of aliphatic hydroxyl groups is 1. The zero-order valence-electron chi connectivity index (χ0n) is 13.8. The van der Waals surface area contributed by atoms with Gasteiger partial charge in [0.15, 0.2) is 0 Å². The number of nitrogens with one attached hydrogen (secondary N) is 1. The fraction of sp³-hybridized carbons (Fsp3) is 0.429. The van der Waals surface area contributed by atoms with Crippen LogP contribution >= 0.6 is 0 Å². The molecule has 1 fully saturated rings. The molecular formula is C21H25NO. The second-order valence-electron chi connectivity index (χ2n) is 7.54. The van der Waals surface area contributed by atoms with Gasteiger partial charge >= 0.3 is 0 Å². The van der Waals surface area contributed by atoms with Crippen LogP contribution in [0.5, 0.6) is 0 Å². The molecule has 0 saturated heterocycles. The van der Waals surface area contributed by atoms with E-state index in [-0.39, 0.29) is 11.5 Å². The Morgan fingerprint density at radius 2 is 2.17 bits per heavy atom. The van der Waals surface area contributed by atoms with Gasteiger partial charge in [0, 0.05) is 11.2 Å². The Morgan fingerprint density at radius 3 is 3.00 bits per heavy atom. The van der Waals surface area contributed by atoms with Crippen molar-refractivity contribution in [3.8, 4) is 0 Å². The van der Waals surface area contributed by atoms with Gasteiger partial charge in [-0.2, -0.15) is 0 Å². The first-order chi connectivity index (χ1) is 11.1. The highest BCUT2D eigenvalue weighted by molar-refractivity contribution is 5.80. The number of aromatic nitrogens is 1. The number of benzene rings is 1. The molecule has 1 aromatic carbocycles. The highest BCUT2D eigenvalue weighted by atomic mass is 16.3. The molecule has 0 unspecified atom stereocenters. The van der Waals surface area contributed by atoms with Crippen LogP contribution in [0.2, 0.25) is 0 Å². The third-order valence-corrected chi connectivity index (χ3v) is 6.07. The Morgan fingerprint density at radius 1 is 1.35 bits per heavy atom. The van der Waals surface area contributed by atoms with Crippen molar-refractivity contribution in [1.29, 1.82) is 0 Å². The smallest absolute Gasteiger partial charge is 0.0577 e. The molecule has 2 aromatic rings. The molecule has 2 N–H and O–H groups in total. The molecule has 2 aliphatic rings. The minimum absolute atomic E-state index is 0.158. The maximum absolute atomic E-state index is 10.0. The zero-order valence-corrected chi connectivity index (χ0v) is 13.8. The predicted octanol–water partition coefficient (Wildman–Crippen LogP) is 4.76. The standard InChI is InChI=1S/C21H25NO/c1-14-7-8-16-12-18(23)9-10-21(16,2)19(14)13-17-11-15-5-3-4-6-20(15)22-17/h3-6,8,11,18-19,22-23H,1,7,9-10,12-13H2,2H3/t18-,19-,21-/m0/s1. The van der Waals surface area contributed by atoms with Crippen LogP contribution in [0.1, 0.15) is 38.3 Å². The van der Waals surface area contributed by atoms with Crippen molar-refractivity contribution >= 4 is 10.9 Å². The van der Waals surface area contributed by atoms with E-state index < -0.39 is 0 Å². The molecule has 3 atom stereocenters. The highest BCUT2D eigenvalue weighted by Gasteiger charge is 2.44. The number of H-pyrrole nitrogens is 1. The molecule has 0 bridgehead atoms. The van der Waals surface area contributed by atoms with Gasteiger partial charge in [0.05, 0.1) is 6.10 Å². The summed E-state index contributed by atoms with van der Waals surface area (Å²) in [6.45, 7) is 6.76. The first-order valence-electron chi connectivity index (χ1n) is 8.68. The lowest BCUT2D eigenvalue weighted by molar-refractivity contribution is 0.0874. The van der Waals surface area contributed by atoms with Gasteiger partial charge in [0.1, 0.15) is 0 Å². The Labute approximate surface area is 137 Å². The van der Waals surface area contributed by atoms with Gasteiger partial charge in [-0.25, -0.2) is 0 Å². The molecule has 23 heavy (non-hydrogen) atoms. The van der Waals surface area contributed by atoms with E-state index >= 15 is 0 Å². The minimum Gasteiger partial charge on any atom is -0.393 e. The van der Waals surface area contributed by atoms with Crippen molar-refractivity contribution in [1.82, 2.24) is 4.98 Å². The van der Waals surface area contributed by atoms with Crippen molar-refractivity contribution < 1.29 is 5.11 Å². The summed E-state index contributed by atoms with van der Waals surface area (Å²) in [5.41, 5.74) is 5.46. The van der Waals surface area contributed by atoms with E-state index in [1.165, 1.54) is 27.7 Å². The number of para-hydroxylation sites is 1. The van der Waals surface area contributed by atoms with Crippen LogP contribution < -0.4 is 0 Å². The van der Waals surface area contributed by atoms with E-state index in [2.05, 4.69) is 54.9 Å². The van der Waals surface area contributed by atoms with E-state index in [0.29, 0.717) is 5.92 Å². The second-order valence-corrected chi connectivity index (χ2v) is 7.54. The summed E-state index contributed by atoms with van der Waals surface area (Å²) in [5, 5.41) is 11.3. The summed E-state index contributed by atoms with van der Waals surface area (Å²) in [5.74, 6) is 0.461. The van der Waals surface area contributed by atoms with Gasteiger partial charge < -0.3 is 10.1 Å². The summed E-state index contributed by atoms with van der Waals surface area (Å²) >= 11 is 0. The van der Waals surface area contributed by atoms with Crippen LogP contribution in [0.15, 0.2) is 54.1 Å². The molecule has 2 aliphatic carbocycles. The zero-order chi connectivity index (χ0) is 16.0. The van der Waals surface area contributed by atoms with Crippen LogP contribution in [-0.2, 0) is 6.42 Å². The number of allylic oxidation sites excluding steroid dienone is 2. The highest BCUT2D eigenvalue weighted by Crippen LogP contribution is 2.53. The molecule has 120 valence electrons. The fourth-order valence-electron chi connectivity index (χ4n) is 4.61. The maximum atomic E-state index is 10.0. The van der Waals surface area contributed by atoms with Crippen molar-refractivity contribution in [2.75, 3.05) is 0 Å². The predicted molar refractivity (Wildman–Crippen MR) is 95.3 cm³/mol. The number of hydrogen-bond acceptors (Lipinski definition) is 1. The quantitative estimate of drug-likeness (QED) is 0.771. The van der Waals surface area contributed by atoms with Crippen molar-refractivity contribution in [2.45, 2.75) is 45.1 Å². The lowest BCUT2D eigenvalue weighted by Gasteiger charge is -2.48. The van der Waals surface area contributed by atoms with Crippen LogP contribution in [0.3, 0.4) is 0 Å². The Bertz CT molecular complexity index is 751. The SMILES string of the molecule is C=C1CC=C2C[C@@H](O)CC[C@]2(C)[C@H]1Cc1cc2ccccc2[nH]1. The molecule has 2 heteroatoms. The summed E-state index contributed by atoms with van der Waals surface area (Å²) in [7, 11) is 0. The summed E-state index contributed by atoms with van der Waals surface area (Å²) < 4.78 is 0. The van der Waals surface area contributed by atoms with E-state index in [9.17, 15) is 5.11 Å². The fourth-order valence-corrected chi connectivity index (χ4v) is 4.61. The van der Waals surface area contributed by atoms with E-state index in [1.807, 2.05) is 0 Å².